The van der Waals surface area contributed by atoms with Crippen molar-refractivity contribution in [3.8, 4) is 0 Å². The van der Waals surface area contributed by atoms with Gasteiger partial charge in [-0.1, -0.05) is 0 Å². The largest absolute Gasteiger partial charge is 0.384 e. The summed E-state index contributed by atoms with van der Waals surface area (Å²) in [5.41, 5.74) is 5.90. The molecule has 1 aromatic rings. The highest BCUT2D eigenvalue weighted by atomic mass is 16.2. The zero-order valence-corrected chi connectivity index (χ0v) is 9.27. The molecule has 1 aliphatic rings. The van der Waals surface area contributed by atoms with Crippen LogP contribution in [-0.4, -0.2) is 29.4 Å². The predicted molar refractivity (Wildman–Crippen MR) is 62.1 cm³/mol. The lowest BCUT2D eigenvalue weighted by atomic mass is 10.1. The van der Waals surface area contributed by atoms with Crippen molar-refractivity contribution in [1.82, 2.24) is 15.6 Å². The standard InChI is InChI=1S/C11H14N4O2/c12-9-6-7(3-5-13-9)10(16)15-8-2-1-4-14-11(8)17/h3,5-6,8H,1-2,4H2,(H2,12,13)(H,14,17)(H,15,16). The molecule has 2 amide bonds. The number of pyridine rings is 1. The van der Waals surface area contributed by atoms with E-state index in [1.165, 1.54) is 12.3 Å². The van der Waals surface area contributed by atoms with Crippen molar-refractivity contribution in [1.29, 1.82) is 0 Å². The molecule has 6 nitrogen and oxygen atoms in total. The SMILES string of the molecule is Nc1cc(C(=O)NC2CCCNC2=O)ccn1. The van der Waals surface area contributed by atoms with E-state index in [4.69, 9.17) is 5.73 Å². The molecule has 90 valence electrons. The first-order valence-electron chi connectivity index (χ1n) is 5.47. The molecule has 2 heterocycles. The van der Waals surface area contributed by atoms with E-state index in [1.807, 2.05) is 0 Å². The maximum absolute atomic E-state index is 11.8. The molecule has 0 radical (unpaired) electrons. The van der Waals surface area contributed by atoms with E-state index in [2.05, 4.69) is 15.6 Å². The Morgan fingerprint density at radius 2 is 2.41 bits per heavy atom. The number of aromatic nitrogens is 1. The Bertz CT molecular complexity index is 447. The van der Waals surface area contributed by atoms with Gasteiger partial charge in [-0.05, 0) is 25.0 Å². The third-order valence-corrected chi connectivity index (χ3v) is 2.63. The molecule has 0 aromatic carbocycles. The second-order valence-electron chi connectivity index (χ2n) is 3.93. The minimum absolute atomic E-state index is 0.133. The lowest BCUT2D eigenvalue weighted by molar-refractivity contribution is -0.124. The van der Waals surface area contributed by atoms with Gasteiger partial charge in [0, 0.05) is 18.3 Å². The van der Waals surface area contributed by atoms with Gasteiger partial charge in [0.05, 0.1) is 0 Å². The van der Waals surface area contributed by atoms with Gasteiger partial charge in [0.2, 0.25) is 5.91 Å². The fraction of sp³-hybridized carbons (Fsp3) is 0.364. The Morgan fingerprint density at radius 1 is 1.59 bits per heavy atom. The van der Waals surface area contributed by atoms with Gasteiger partial charge in [0.25, 0.3) is 5.91 Å². The molecule has 1 aliphatic heterocycles. The molecule has 6 heteroatoms. The third kappa shape index (κ3) is 2.72. The number of carbonyl (C=O) groups is 2. The molecule has 17 heavy (non-hydrogen) atoms. The molecule has 0 spiro atoms. The van der Waals surface area contributed by atoms with Gasteiger partial charge in [-0.25, -0.2) is 4.98 Å². The van der Waals surface area contributed by atoms with Crippen LogP contribution in [0.1, 0.15) is 23.2 Å². The van der Waals surface area contributed by atoms with E-state index >= 15 is 0 Å². The molecular formula is C11H14N4O2. The fourth-order valence-electron chi connectivity index (χ4n) is 1.74. The first-order chi connectivity index (χ1) is 8.16. The van der Waals surface area contributed by atoms with Crippen LogP contribution in [-0.2, 0) is 4.79 Å². The maximum atomic E-state index is 11.8. The summed E-state index contributed by atoms with van der Waals surface area (Å²) in [5.74, 6) is -0.154. The van der Waals surface area contributed by atoms with Gasteiger partial charge in [-0.2, -0.15) is 0 Å². The molecule has 1 aromatic heterocycles. The van der Waals surface area contributed by atoms with Crippen molar-refractivity contribution in [2.24, 2.45) is 0 Å². The fourth-order valence-corrected chi connectivity index (χ4v) is 1.74. The summed E-state index contributed by atoms with van der Waals surface area (Å²) < 4.78 is 0. The van der Waals surface area contributed by atoms with E-state index < -0.39 is 6.04 Å². The molecule has 0 saturated carbocycles. The van der Waals surface area contributed by atoms with E-state index in [1.54, 1.807) is 6.07 Å². The monoisotopic (exact) mass is 234 g/mol. The Morgan fingerprint density at radius 3 is 3.12 bits per heavy atom. The minimum Gasteiger partial charge on any atom is -0.384 e. The second kappa shape index (κ2) is 4.82. The first-order valence-corrected chi connectivity index (χ1v) is 5.47. The number of rotatable bonds is 2. The average molecular weight is 234 g/mol. The van der Waals surface area contributed by atoms with Crippen molar-refractivity contribution < 1.29 is 9.59 Å². The molecule has 2 rings (SSSR count). The summed E-state index contributed by atoms with van der Waals surface area (Å²) in [5, 5.41) is 5.39. The lowest BCUT2D eigenvalue weighted by Crippen LogP contribution is -2.50. The smallest absolute Gasteiger partial charge is 0.252 e. The maximum Gasteiger partial charge on any atom is 0.252 e. The second-order valence-corrected chi connectivity index (χ2v) is 3.93. The molecule has 1 saturated heterocycles. The van der Waals surface area contributed by atoms with Crippen LogP contribution in [0.25, 0.3) is 0 Å². The van der Waals surface area contributed by atoms with Crippen LogP contribution in [0.3, 0.4) is 0 Å². The molecular weight excluding hydrogens is 220 g/mol. The number of anilines is 1. The number of hydrogen-bond donors (Lipinski definition) is 3. The van der Waals surface area contributed by atoms with Crippen LogP contribution in [0.4, 0.5) is 5.82 Å². The van der Waals surface area contributed by atoms with E-state index in [0.29, 0.717) is 18.5 Å². The van der Waals surface area contributed by atoms with Crippen molar-refractivity contribution in [2.45, 2.75) is 18.9 Å². The molecule has 4 N–H and O–H groups in total. The van der Waals surface area contributed by atoms with Crippen LogP contribution >= 0.6 is 0 Å². The summed E-state index contributed by atoms with van der Waals surface area (Å²) in [7, 11) is 0. The Labute approximate surface area is 98.6 Å². The van der Waals surface area contributed by atoms with Crippen molar-refractivity contribution in [2.75, 3.05) is 12.3 Å². The lowest BCUT2D eigenvalue weighted by Gasteiger charge is -2.22. The molecule has 1 fully saturated rings. The van der Waals surface area contributed by atoms with Crippen molar-refractivity contribution in [3.63, 3.8) is 0 Å². The zero-order chi connectivity index (χ0) is 12.3. The van der Waals surface area contributed by atoms with Gasteiger partial charge in [0.1, 0.15) is 11.9 Å². The molecule has 0 bridgehead atoms. The van der Waals surface area contributed by atoms with Gasteiger partial charge in [-0.3, -0.25) is 9.59 Å². The van der Waals surface area contributed by atoms with Crippen LogP contribution < -0.4 is 16.4 Å². The summed E-state index contributed by atoms with van der Waals surface area (Å²) in [6, 6.07) is 2.59. The zero-order valence-electron chi connectivity index (χ0n) is 9.27. The number of nitrogens with zero attached hydrogens (tertiary/aromatic N) is 1. The van der Waals surface area contributed by atoms with E-state index in [-0.39, 0.29) is 17.6 Å². The van der Waals surface area contributed by atoms with Gasteiger partial charge >= 0.3 is 0 Å². The quantitative estimate of drug-likeness (QED) is 0.652. The molecule has 0 aliphatic carbocycles. The van der Waals surface area contributed by atoms with Crippen LogP contribution in [0, 0.1) is 0 Å². The predicted octanol–water partition coefficient (Wildman–Crippen LogP) is -0.328. The summed E-state index contributed by atoms with van der Waals surface area (Å²) in [4.78, 5) is 27.1. The van der Waals surface area contributed by atoms with Crippen LogP contribution in [0.5, 0.6) is 0 Å². The van der Waals surface area contributed by atoms with Crippen LogP contribution in [0.15, 0.2) is 18.3 Å². The third-order valence-electron chi connectivity index (χ3n) is 2.63. The number of hydrogen-bond acceptors (Lipinski definition) is 4. The van der Waals surface area contributed by atoms with Crippen LogP contribution in [0.2, 0.25) is 0 Å². The highest BCUT2D eigenvalue weighted by Crippen LogP contribution is 2.07. The number of nitrogen functional groups attached to an aromatic ring is 1. The topological polar surface area (TPSA) is 97.1 Å². The highest BCUT2D eigenvalue weighted by Gasteiger charge is 2.23. The summed E-state index contributed by atoms with van der Waals surface area (Å²) in [6.07, 6.45) is 3.00. The number of nitrogens with two attached hydrogens (primary N) is 1. The first kappa shape index (κ1) is 11.4. The van der Waals surface area contributed by atoms with E-state index in [0.717, 1.165) is 6.42 Å². The normalized spacial score (nSPS) is 19.5. The van der Waals surface area contributed by atoms with E-state index in [9.17, 15) is 9.59 Å². The van der Waals surface area contributed by atoms with Gasteiger partial charge in [-0.15, -0.1) is 0 Å². The summed E-state index contributed by atoms with van der Waals surface area (Å²) in [6.45, 7) is 0.674. The van der Waals surface area contributed by atoms with Crippen molar-refractivity contribution in [3.05, 3.63) is 23.9 Å². The minimum atomic E-state index is -0.453. The Kier molecular flexibility index (Phi) is 3.22. The van der Waals surface area contributed by atoms with Gasteiger partial charge in [0.15, 0.2) is 0 Å². The Hall–Kier alpha value is -2.11. The number of amides is 2. The number of nitrogens with one attached hydrogen (secondary N) is 2. The highest BCUT2D eigenvalue weighted by molar-refractivity contribution is 5.98. The van der Waals surface area contributed by atoms with Gasteiger partial charge < -0.3 is 16.4 Å². The Balaban J connectivity index is 2.03. The average Bonchev–Trinajstić information content (AvgIpc) is 2.32. The van der Waals surface area contributed by atoms with Crippen molar-refractivity contribution >= 4 is 17.6 Å². The molecule has 1 unspecified atom stereocenters. The molecule has 1 atom stereocenters. The summed E-state index contributed by atoms with van der Waals surface area (Å²) >= 11 is 0. The number of carbonyl (C=O) groups excluding carboxylic acids is 2. The number of piperidine rings is 1.